The number of hydrogen-bond acceptors (Lipinski definition) is 2. The molecule has 1 heterocycles. The maximum Gasteiger partial charge on any atom is 0.255 e. The number of nitrogens with two attached hydrogens (primary N) is 1. The molecule has 1 aromatic carbocycles. The van der Waals surface area contributed by atoms with Crippen molar-refractivity contribution >= 4 is 33.4 Å². The van der Waals surface area contributed by atoms with Crippen LogP contribution in [0.1, 0.15) is 23.2 Å². The summed E-state index contributed by atoms with van der Waals surface area (Å²) in [7, 11) is 0. The Balaban J connectivity index is 2.24. The van der Waals surface area contributed by atoms with Gasteiger partial charge in [0.25, 0.3) is 5.91 Å². The van der Waals surface area contributed by atoms with E-state index >= 15 is 0 Å². The lowest BCUT2D eigenvalue weighted by atomic mass is 10.1. The summed E-state index contributed by atoms with van der Waals surface area (Å²) in [6.45, 7) is 1.28. The lowest BCUT2D eigenvalue weighted by Gasteiger charge is -2.23. The Kier molecular flexibility index (Phi) is 4.07. The summed E-state index contributed by atoms with van der Waals surface area (Å²) >= 11 is 9.41. The van der Waals surface area contributed by atoms with Crippen molar-refractivity contribution in [3.05, 3.63) is 33.3 Å². The van der Waals surface area contributed by atoms with Crippen molar-refractivity contribution in [1.29, 1.82) is 0 Å². The largest absolute Gasteiger partial charge is 0.334 e. The maximum absolute atomic E-state index is 12.3. The van der Waals surface area contributed by atoms with E-state index in [-0.39, 0.29) is 11.9 Å². The zero-order chi connectivity index (χ0) is 12.4. The van der Waals surface area contributed by atoms with E-state index in [1.807, 2.05) is 11.0 Å². The monoisotopic (exact) mass is 316 g/mol. The summed E-state index contributed by atoms with van der Waals surface area (Å²) in [5.74, 6) is -0.0181. The van der Waals surface area contributed by atoms with Crippen molar-refractivity contribution in [1.82, 2.24) is 4.90 Å². The highest BCUT2D eigenvalue weighted by Crippen LogP contribution is 2.25. The van der Waals surface area contributed by atoms with Gasteiger partial charge in [-0.2, -0.15) is 0 Å². The molecule has 0 spiro atoms. The van der Waals surface area contributed by atoms with Gasteiger partial charge >= 0.3 is 0 Å². The van der Waals surface area contributed by atoms with Crippen molar-refractivity contribution in [2.24, 2.45) is 5.73 Å². The third-order valence-electron chi connectivity index (χ3n) is 3.07. The lowest BCUT2D eigenvalue weighted by Crippen LogP contribution is -2.40. The molecule has 0 radical (unpaired) electrons. The summed E-state index contributed by atoms with van der Waals surface area (Å²) in [5, 5.41) is 0.479. The van der Waals surface area contributed by atoms with Crippen LogP contribution in [-0.2, 0) is 0 Å². The van der Waals surface area contributed by atoms with Gasteiger partial charge in [-0.1, -0.05) is 27.5 Å². The van der Waals surface area contributed by atoms with Crippen molar-refractivity contribution in [2.75, 3.05) is 13.1 Å². The Morgan fingerprint density at radius 2 is 2.35 bits per heavy atom. The van der Waals surface area contributed by atoms with Gasteiger partial charge in [-0.3, -0.25) is 4.79 Å². The number of carbonyl (C=O) groups is 1. The minimum absolute atomic E-state index is 0.0181. The molecule has 1 fully saturated rings. The first-order chi connectivity index (χ1) is 8.13. The zero-order valence-corrected chi connectivity index (χ0v) is 11.7. The van der Waals surface area contributed by atoms with Gasteiger partial charge in [0.15, 0.2) is 0 Å². The van der Waals surface area contributed by atoms with Crippen LogP contribution >= 0.6 is 27.5 Å². The molecule has 0 aliphatic carbocycles. The Morgan fingerprint density at radius 3 is 3.00 bits per heavy atom. The molecule has 1 saturated heterocycles. The molecule has 1 aliphatic rings. The van der Waals surface area contributed by atoms with Crippen LogP contribution in [0.4, 0.5) is 0 Å². The van der Waals surface area contributed by atoms with E-state index in [0.29, 0.717) is 17.1 Å². The second-order valence-electron chi connectivity index (χ2n) is 4.15. The predicted molar refractivity (Wildman–Crippen MR) is 72.3 cm³/mol. The highest BCUT2D eigenvalue weighted by molar-refractivity contribution is 9.10. The molecular formula is C12H14BrClN2O. The average molecular weight is 318 g/mol. The molecule has 1 aromatic rings. The van der Waals surface area contributed by atoms with Gasteiger partial charge in [-0.15, -0.1) is 0 Å². The number of nitrogens with zero attached hydrogens (tertiary/aromatic N) is 1. The van der Waals surface area contributed by atoms with Crippen LogP contribution in [0.25, 0.3) is 0 Å². The minimum atomic E-state index is -0.0181. The minimum Gasteiger partial charge on any atom is -0.334 e. The van der Waals surface area contributed by atoms with E-state index in [4.69, 9.17) is 17.3 Å². The molecule has 1 amide bonds. The van der Waals surface area contributed by atoms with Crippen LogP contribution in [-0.4, -0.2) is 29.9 Å². The van der Waals surface area contributed by atoms with Gasteiger partial charge in [0.05, 0.1) is 10.6 Å². The topological polar surface area (TPSA) is 46.3 Å². The van der Waals surface area contributed by atoms with Gasteiger partial charge in [0.2, 0.25) is 0 Å². The van der Waals surface area contributed by atoms with Gasteiger partial charge in [-0.05, 0) is 31.0 Å². The van der Waals surface area contributed by atoms with E-state index in [0.717, 1.165) is 23.9 Å². The number of hydrogen-bond donors (Lipinski definition) is 1. The Morgan fingerprint density at radius 1 is 1.59 bits per heavy atom. The third kappa shape index (κ3) is 2.64. The summed E-state index contributed by atoms with van der Waals surface area (Å²) in [6.07, 6.45) is 2.00. The van der Waals surface area contributed by atoms with E-state index in [2.05, 4.69) is 15.9 Å². The molecule has 2 rings (SSSR count). The number of rotatable bonds is 2. The van der Waals surface area contributed by atoms with Crippen molar-refractivity contribution in [3.8, 4) is 0 Å². The molecule has 1 aliphatic heterocycles. The number of benzene rings is 1. The smallest absolute Gasteiger partial charge is 0.255 e. The summed E-state index contributed by atoms with van der Waals surface area (Å²) in [6, 6.07) is 5.47. The van der Waals surface area contributed by atoms with Crippen LogP contribution < -0.4 is 5.73 Å². The molecule has 0 saturated carbocycles. The summed E-state index contributed by atoms with van der Waals surface area (Å²) in [5.41, 5.74) is 6.22. The molecule has 1 atom stereocenters. The van der Waals surface area contributed by atoms with Gasteiger partial charge in [-0.25, -0.2) is 0 Å². The molecule has 1 unspecified atom stereocenters. The zero-order valence-electron chi connectivity index (χ0n) is 9.33. The number of carbonyl (C=O) groups excluding carboxylic acids is 1. The highest BCUT2D eigenvalue weighted by Gasteiger charge is 2.29. The maximum atomic E-state index is 12.3. The first-order valence-electron chi connectivity index (χ1n) is 5.59. The van der Waals surface area contributed by atoms with Crippen molar-refractivity contribution in [2.45, 2.75) is 18.9 Å². The van der Waals surface area contributed by atoms with Crippen LogP contribution in [0.2, 0.25) is 5.02 Å². The van der Waals surface area contributed by atoms with Crippen LogP contribution in [0, 0.1) is 0 Å². The Labute approximate surface area is 114 Å². The van der Waals surface area contributed by atoms with Gasteiger partial charge < -0.3 is 10.6 Å². The van der Waals surface area contributed by atoms with E-state index in [9.17, 15) is 4.79 Å². The fourth-order valence-electron chi connectivity index (χ4n) is 2.17. The first kappa shape index (κ1) is 12.9. The Bertz CT molecular complexity index is 439. The quantitative estimate of drug-likeness (QED) is 0.911. The predicted octanol–water partition coefficient (Wildman–Crippen LogP) is 2.67. The number of likely N-dealkylation sites (tertiary alicyclic amines) is 1. The second kappa shape index (κ2) is 5.38. The summed E-state index contributed by atoms with van der Waals surface area (Å²) in [4.78, 5) is 14.1. The molecule has 17 heavy (non-hydrogen) atoms. The van der Waals surface area contributed by atoms with E-state index in [1.54, 1.807) is 12.1 Å². The van der Waals surface area contributed by atoms with Crippen LogP contribution in [0.5, 0.6) is 0 Å². The standard InChI is InChI=1S/C12H14BrClN2O/c13-8-3-4-10(11(14)6-8)12(17)16-5-1-2-9(16)7-15/h3-4,6,9H,1-2,5,7,15H2. The average Bonchev–Trinajstić information content (AvgIpc) is 2.76. The van der Waals surface area contributed by atoms with E-state index < -0.39 is 0 Å². The summed E-state index contributed by atoms with van der Waals surface area (Å²) < 4.78 is 0.871. The Hall–Kier alpha value is -0.580. The first-order valence-corrected chi connectivity index (χ1v) is 6.76. The SMILES string of the molecule is NCC1CCCN1C(=O)c1ccc(Br)cc1Cl. The molecule has 3 nitrogen and oxygen atoms in total. The fraction of sp³-hybridized carbons (Fsp3) is 0.417. The normalized spacial score (nSPS) is 19.7. The van der Waals surface area contributed by atoms with Crippen molar-refractivity contribution in [3.63, 3.8) is 0 Å². The molecule has 0 bridgehead atoms. The molecule has 0 aromatic heterocycles. The van der Waals surface area contributed by atoms with Gasteiger partial charge in [0, 0.05) is 23.6 Å². The third-order valence-corrected chi connectivity index (χ3v) is 3.88. The fourth-order valence-corrected chi connectivity index (χ4v) is 2.92. The van der Waals surface area contributed by atoms with Gasteiger partial charge in [0.1, 0.15) is 0 Å². The second-order valence-corrected chi connectivity index (χ2v) is 5.48. The van der Waals surface area contributed by atoms with E-state index in [1.165, 1.54) is 0 Å². The molecule has 2 N–H and O–H groups in total. The van der Waals surface area contributed by atoms with Crippen LogP contribution in [0.15, 0.2) is 22.7 Å². The molecular weight excluding hydrogens is 304 g/mol. The highest BCUT2D eigenvalue weighted by atomic mass is 79.9. The van der Waals surface area contributed by atoms with Crippen molar-refractivity contribution < 1.29 is 4.79 Å². The number of amides is 1. The lowest BCUT2D eigenvalue weighted by molar-refractivity contribution is 0.0741. The molecule has 92 valence electrons. The molecule has 5 heteroatoms. The van der Waals surface area contributed by atoms with Crippen LogP contribution in [0.3, 0.4) is 0 Å². The number of halogens is 2.